The molecule has 0 radical (unpaired) electrons. The Balaban J connectivity index is 1.41. The zero-order chi connectivity index (χ0) is 29.4. The summed E-state index contributed by atoms with van der Waals surface area (Å²) in [7, 11) is 0. The number of benzene rings is 4. The molecule has 0 unspecified atom stereocenters. The van der Waals surface area contributed by atoms with Crippen molar-refractivity contribution < 1.29 is 9.47 Å². The molecule has 7 heteroatoms. The van der Waals surface area contributed by atoms with E-state index in [0.717, 1.165) is 33.4 Å². The molecule has 0 saturated carbocycles. The van der Waals surface area contributed by atoms with E-state index in [4.69, 9.17) is 36.8 Å². The molecule has 5 rings (SSSR count). The van der Waals surface area contributed by atoms with Crippen LogP contribution in [-0.4, -0.2) is 23.1 Å². The number of ether oxygens (including phenoxy) is 2. The highest BCUT2D eigenvalue weighted by Gasteiger charge is 2.17. The van der Waals surface area contributed by atoms with Crippen molar-refractivity contribution in [2.45, 2.75) is 27.1 Å². The Morgan fingerprint density at radius 3 is 2.12 bits per heavy atom. The fourth-order valence-electron chi connectivity index (χ4n) is 4.23. The molecule has 0 fully saturated rings. The van der Waals surface area contributed by atoms with Crippen molar-refractivity contribution in [3.05, 3.63) is 125 Å². The van der Waals surface area contributed by atoms with E-state index >= 15 is 0 Å². The second-order valence-corrected chi connectivity index (χ2v) is 11.3. The number of aromatic nitrogens is 2. The van der Waals surface area contributed by atoms with Gasteiger partial charge in [-0.1, -0.05) is 98.3 Å². The summed E-state index contributed by atoms with van der Waals surface area (Å²) in [4.78, 5) is 9.57. The van der Waals surface area contributed by atoms with E-state index in [0.29, 0.717) is 48.6 Å². The summed E-state index contributed by atoms with van der Waals surface area (Å²) in [6, 6.07) is 31.7. The van der Waals surface area contributed by atoms with Crippen molar-refractivity contribution in [3.8, 4) is 11.5 Å². The molecule has 0 atom stereocenters. The third-order valence-electron chi connectivity index (χ3n) is 6.83. The quantitative estimate of drug-likeness (QED) is 0.156. The minimum absolute atomic E-state index is 0.0832. The predicted octanol–water partition coefficient (Wildman–Crippen LogP) is 8.01. The van der Waals surface area contributed by atoms with Gasteiger partial charge in [-0.2, -0.15) is 0 Å². The lowest BCUT2D eigenvalue weighted by atomic mass is 9.94. The SMILES string of the molecule is CC(C)(CN)CNc1nc(C=Cc2ccc(OCc3ccccc3)c(OCc3ccccc3)c2)nc2cc(Cl)ccc12. The maximum absolute atomic E-state index is 6.30. The van der Waals surface area contributed by atoms with Crippen LogP contribution in [0.15, 0.2) is 97.1 Å². The van der Waals surface area contributed by atoms with Crippen molar-refractivity contribution >= 4 is 40.5 Å². The molecule has 6 nitrogen and oxygen atoms in total. The Labute approximate surface area is 252 Å². The highest BCUT2D eigenvalue weighted by atomic mass is 35.5. The number of rotatable bonds is 12. The van der Waals surface area contributed by atoms with Crippen LogP contribution in [0.4, 0.5) is 5.82 Å². The van der Waals surface area contributed by atoms with E-state index in [1.807, 2.05) is 109 Å². The number of halogens is 1. The van der Waals surface area contributed by atoms with Crippen molar-refractivity contribution in [2.24, 2.45) is 11.1 Å². The maximum Gasteiger partial charge on any atom is 0.162 e. The van der Waals surface area contributed by atoms with Gasteiger partial charge in [0.2, 0.25) is 0 Å². The van der Waals surface area contributed by atoms with Gasteiger partial charge >= 0.3 is 0 Å². The lowest BCUT2D eigenvalue weighted by Gasteiger charge is -2.23. The van der Waals surface area contributed by atoms with E-state index in [1.165, 1.54) is 0 Å². The molecule has 0 aliphatic heterocycles. The average molecular weight is 579 g/mol. The van der Waals surface area contributed by atoms with Crippen LogP contribution in [-0.2, 0) is 13.2 Å². The second-order valence-electron chi connectivity index (χ2n) is 10.9. The minimum atomic E-state index is -0.0832. The average Bonchev–Trinajstić information content (AvgIpc) is 3.02. The van der Waals surface area contributed by atoms with Gasteiger partial charge in [-0.15, -0.1) is 0 Å². The number of hydrogen-bond acceptors (Lipinski definition) is 6. The molecular weight excluding hydrogens is 544 g/mol. The van der Waals surface area contributed by atoms with Gasteiger partial charge in [0.05, 0.1) is 5.52 Å². The Kier molecular flexibility index (Phi) is 9.37. The van der Waals surface area contributed by atoms with E-state index in [9.17, 15) is 0 Å². The lowest BCUT2D eigenvalue weighted by Crippen LogP contribution is -2.31. The number of nitrogens with zero attached hydrogens (tertiary/aromatic N) is 2. The van der Waals surface area contributed by atoms with Gasteiger partial charge in [0.15, 0.2) is 17.3 Å². The van der Waals surface area contributed by atoms with Crippen molar-refractivity contribution in [2.75, 3.05) is 18.4 Å². The Bertz CT molecular complexity index is 1660. The zero-order valence-electron chi connectivity index (χ0n) is 23.9. The molecule has 42 heavy (non-hydrogen) atoms. The van der Waals surface area contributed by atoms with Gasteiger partial charge in [0.25, 0.3) is 0 Å². The summed E-state index contributed by atoms with van der Waals surface area (Å²) >= 11 is 6.30. The molecule has 0 aliphatic carbocycles. The summed E-state index contributed by atoms with van der Waals surface area (Å²) in [5.74, 6) is 2.65. The molecule has 0 saturated heterocycles. The van der Waals surface area contributed by atoms with Crippen molar-refractivity contribution in [1.82, 2.24) is 9.97 Å². The van der Waals surface area contributed by atoms with E-state index in [2.05, 4.69) is 19.2 Å². The summed E-state index contributed by atoms with van der Waals surface area (Å²) in [5, 5.41) is 4.99. The highest BCUT2D eigenvalue weighted by Crippen LogP contribution is 2.31. The number of fused-ring (bicyclic) bond motifs is 1. The molecule has 0 bridgehead atoms. The minimum Gasteiger partial charge on any atom is -0.485 e. The molecule has 0 aliphatic rings. The van der Waals surface area contributed by atoms with E-state index in [-0.39, 0.29) is 5.41 Å². The first-order chi connectivity index (χ1) is 20.4. The van der Waals surface area contributed by atoms with E-state index in [1.54, 1.807) is 0 Å². The van der Waals surface area contributed by atoms with Gasteiger partial charge in [0.1, 0.15) is 19.0 Å². The van der Waals surface area contributed by atoms with Crippen LogP contribution in [0.3, 0.4) is 0 Å². The summed E-state index contributed by atoms with van der Waals surface area (Å²) in [6.45, 7) is 6.34. The number of anilines is 1. The van der Waals surface area contributed by atoms with Crippen LogP contribution in [0.1, 0.15) is 36.4 Å². The van der Waals surface area contributed by atoms with Crippen molar-refractivity contribution in [1.29, 1.82) is 0 Å². The molecule has 4 aromatic carbocycles. The van der Waals surface area contributed by atoms with Crippen LogP contribution < -0.4 is 20.5 Å². The monoisotopic (exact) mass is 578 g/mol. The standard InChI is InChI=1S/C35H35ClN4O2/c1-35(2,23-37)24-38-34-29-16-15-28(36)20-30(29)39-33(40-34)18-14-25-13-17-31(41-21-26-9-5-3-6-10-26)32(19-25)42-22-27-11-7-4-8-12-27/h3-20H,21-24,37H2,1-2H3,(H,38,39,40). The third kappa shape index (κ3) is 7.87. The molecule has 214 valence electrons. The zero-order valence-corrected chi connectivity index (χ0v) is 24.6. The van der Waals surface area contributed by atoms with Crippen LogP contribution in [0.25, 0.3) is 23.1 Å². The first-order valence-corrected chi connectivity index (χ1v) is 14.3. The molecule has 1 heterocycles. The second kappa shape index (κ2) is 13.5. The lowest BCUT2D eigenvalue weighted by molar-refractivity contribution is 0.256. The van der Waals surface area contributed by atoms with Gasteiger partial charge in [-0.3, -0.25) is 0 Å². The normalized spacial score (nSPS) is 11.6. The molecule has 1 aromatic heterocycles. The molecule has 3 N–H and O–H groups in total. The van der Waals surface area contributed by atoms with Crippen LogP contribution in [0, 0.1) is 5.41 Å². The fourth-order valence-corrected chi connectivity index (χ4v) is 4.39. The van der Waals surface area contributed by atoms with Gasteiger partial charge in [-0.25, -0.2) is 9.97 Å². The number of hydrogen-bond donors (Lipinski definition) is 2. The van der Waals surface area contributed by atoms with E-state index < -0.39 is 0 Å². The Hall–Kier alpha value is -4.39. The first-order valence-electron chi connectivity index (χ1n) is 14.0. The fraction of sp³-hybridized carbons (Fsp3) is 0.200. The van der Waals surface area contributed by atoms with Crippen LogP contribution >= 0.6 is 11.6 Å². The smallest absolute Gasteiger partial charge is 0.162 e. The summed E-state index contributed by atoms with van der Waals surface area (Å²) < 4.78 is 12.4. The van der Waals surface area contributed by atoms with Crippen molar-refractivity contribution in [3.63, 3.8) is 0 Å². The Morgan fingerprint density at radius 1 is 0.786 bits per heavy atom. The van der Waals surface area contributed by atoms with Crippen LogP contribution in [0.2, 0.25) is 5.02 Å². The summed E-state index contributed by atoms with van der Waals surface area (Å²) in [6.07, 6.45) is 3.86. The number of nitrogens with one attached hydrogen (secondary N) is 1. The predicted molar refractivity (Wildman–Crippen MR) is 173 cm³/mol. The highest BCUT2D eigenvalue weighted by molar-refractivity contribution is 6.31. The molecular formula is C35H35ClN4O2. The van der Waals surface area contributed by atoms with Gasteiger partial charge < -0.3 is 20.5 Å². The summed E-state index contributed by atoms with van der Waals surface area (Å²) in [5.41, 5.74) is 9.73. The van der Waals surface area contributed by atoms with Gasteiger partial charge in [0, 0.05) is 17.0 Å². The third-order valence-corrected chi connectivity index (χ3v) is 7.07. The maximum atomic E-state index is 6.30. The number of nitrogens with two attached hydrogens (primary N) is 1. The van der Waals surface area contributed by atoms with Crippen LogP contribution in [0.5, 0.6) is 11.5 Å². The molecule has 5 aromatic rings. The first kappa shape index (κ1) is 29.1. The Morgan fingerprint density at radius 2 is 1.45 bits per heavy atom. The topological polar surface area (TPSA) is 82.3 Å². The molecule has 0 spiro atoms. The largest absolute Gasteiger partial charge is 0.485 e. The van der Waals surface area contributed by atoms with Gasteiger partial charge in [-0.05, 0) is 65.1 Å². The molecule has 0 amide bonds.